The van der Waals surface area contributed by atoms with Gasteiger partial charge in [0.1, 0.15) is 5.75 Å². The smallest absolute Gasteiger partial charge is 0.314 e. The van der Waals surface area contributed by atoms with Crippen LogP contribution >= 0.6 is 0 Å². The number of primary amides is 1. The van der Waals surface area contributed by atoms with Gasteiger partial charge < -0.3 is 15.8 Å². The van der Waals surface area contributed by atoms with Crippen LogP contribution in [0.25, 0.3) is 16.8 Å². The summed E-state index contributed by atoms with van der Waals surface area (Å²) in [6, 6.07) is 8.45. The van der Waals surface area contributed by atoms with Gasteiger partial charge in [0.05, 0.1) is 12.8 Å². The lowest BCUT2D eigenvalue weighted by molar-refractivity contribution is -0.138. The molecule has 1 aliphatic heterocycles. The number of ether oxygens (including phenoxy) is 1. The van der Waals surface area contributed by atoms with Crippen molar-refractivity contribution in [1.29, 1.82) is 0 Å². The maximum absolute atomic E-state index is 12.6. The Bertz CT molecular complexity index is 945. The van der Waals surface area contributed by atoms with E-state index >= 15 is 0 Å². The van der Waals surface area contributed by atoms with E-state index in [1.807, 2.05) is 24.3 Å². The molecule has 28 heavy (non-hydrogen) atoms. The molecular weight excluding hydrogens is 360 g/mol. The molecular formula is C19H22N6O3. The number of urea groups is 1. The number of likely N-dealkylation sites (N-methyl/N-ethyl adjacent to an activating group) is 1. The molecule has 9 heteroatoms. The average Bonchev–Trinajstić information content (AvgIpc) is 2.69. The van der Waals surface area contributed by atoms with Crippen LogP contribution < -0.4 is 26.9 Å². The van der Waals surface area contributed by atoms with Crippen LogP contribution in [-0.4, -0.2) is 41.2 Å². The topological polar surface area (TPSA) is 136 Å². The number of benzene rings is 1. The van der Waals surface area contributed by atoms with Crippen molar-refractivity contribution in [2.45, 2.75) is 12.6 Å². The number of hydrogen-bond donors (Lipinski definition) is 4. The van der Waals surface area contributed by atoms with E-state index in [-0.39, 0.29) is 0 Å². The Morgan fingerprint density at radius 2 is 2.11 bits per heavy atom. The molecule has 0 saturated carbocycles. The second-order valence-corrected chi connectivity index (χ2v) is 6.23. The van der Waals surface area contributed by atoms with Gasteiger partial charge in [0.25, 0.3) is 5.91 Å². The number of carbonyl (C=O) groups excluding carboxylic acids is 2. The first kappa shape index (κ1) is 19.2. The van der Waals surface area contributed by atoms with E-state index in [0.717, 1.165) is 16.7 Å². The molecule has 2 aromatic rings. The van der Waals surface area contributed by atoms with Gasteiger partial charge >= 0.3 is 6.03 Å². The molecule has 1 unspecified atom stereocenters. The van der Waals surface area contributed by atoms with Crippen molar-refractivity contribution in [2.75, 3.05) is 13.7 Å². The Kier molecular flexibility index (Phi) is 5.18. The molecule has 0 saturated heterocycles. The van der Waals surface area contributed by atoms with E-state index in [0.29, 0.717) is 18.0 Å². The zero-order valence-corrected chi connectivity index (χ0v) is 15.6. The highest BCUT2D eigenvalue weighted by atomic mass is 16.5. The highest BCUT2D eigenvalue weighted by molar-refractivity contribution is 5.96. The fourth-order valence-corrected chi connectivity index (χ4v) is 3.04. The van der Waals surface area contributed by atoms with Crippen LogP contribution in [0.4, 0.5) is 4.79 Å². The van der Waals surface area contributed by atoms with Gasteiger partial charge in [-0.05, 0) is 36.3 Å². The first-order chi connectivity index (χ1) is 13.4. The molecule has 2 heterocycles. The van der Waals surface area contributed by atoms with Crippen LogP contribution in [0.1, 0.15) is 12.5 Å². The molecule has 3 rings (SSSR count). The molecule has 1 aromatic carbocycles. The standard InChI is InChI=1S/C19H22N6O3/c1-3-25-17(26)19(21,23-18(20)27)10-15(24-25)13-6-4-5-12(9-13)14-11-22-8-7-16(14)28-2/h4-11,24H,3,21H2,1-2H3,(H3,20,23,27). The monoisotopic (exact) mass is 382 g/mol. The molecule has 0 radical (unpaired) electrons. The Balaban J connectivity index is 2.06. The van der Waals surface area contributed by atoms with Crippen LogP contribution in [0.3, 0.4) is 0 Å². The number of amides is 3. The number of aromatic nitrogens is 1. The van der Waals surface area contributed by atoms with Gasteiger partial charge in [-0.25, -0.2) is 4.79 Å². The van der Waals surface area contributed by atoms with Crippen molar-refractivity contribution in [3.05, 3.63) is 54.4 Å². The van der Waals surface area contributed by atoms with Gasteiger partial charge in [-0.3, -0.25) is 25.9 Å². The molecule has 9 nitrogen and oxygen atoms in total. The molecule has 146 valence electrons. The number of carbonyl (C=O) groups is 2. The summed E-state index contributed by atoms with van der Waals surface area (Å²) >= 11 is 0. The maximum Gasteiger partial charge on any atom is 0.314 e. The molecule has 1 aliphatic rings. The number of pyridine rings is 1. The predicted octanol–water partition coefficient (Wildman–Crippen LogP) is 0.788. The van der Waals surface area contributed by atoms with Gasteiger partial charge in [0, 0.05) is 24.5 Å². The van der Waals surface area contributed by atoms with E-state index in [2.05, 4.69) is 15.7 Å². The third-order valence-corrected chi connectivity index (χ3v) is 4.36. The van der Waals surface area contributed by atoms with Crippen LogP contribution in [0.2, 0.25) is 0 Å². The summed E-state index contributed by atoms with van der Waals surface area (Å²) in [5.74, 6) is 0.175. The molecule has 3 amide bonds. The molecule has 0 fully saturated rings. The Hall–Kier alpha value is -3.59. The Morgan fingerprint density at radius 1 is 1.36 bits per heavy atom. The van der Waals surface area contributed by atoms with E-state index in [9.17, 15) is 9.59 Å². The molecule has 6 N–H and O–H groups in total. The maximum atomic E-state index is 12.6. The molecule has 0 aliphatic carbocycles. The van der Waals surface area contributed by atoms with Gasteiger partial charge in [-0.15, -0.1) is 0 Å². The number of hydrogen-bond acceptors (Lipinski definition) is 6. The van der Waals surface area contributed by atoms with Gasteiger partial charge in [-0.2, -0.15) is 0 Å². The average molecular weight is 382 g/mol. The van der Waals surface area contributed by atoms with Crippen molar-refractivity contribution >= 4 is 17.6 Å². The second-order valence-electron chi connectivity index (χ2n) is 6.23. The van der Waals surface area contributed by atoms with Crippen molar-refractivity contribution < 1.29 is 14.3 Å². The first-order valence-corrected chi connectivity index (χ1v) is 8.64. The van der Waals surface area contributed by atoms with E-state index in [1.165, 1.54) is 11.1 Å². The highest BCUT2D eigenvalue weighted by Gasteiger charge is 2.41. The number of nitrogens with two attached hydrogens (primary N) is 2. The quantitative estimate of drug-likeness (QED) is 0.565. The summed E-state index contributed by atoms with van der Waals surface area (Å²) in [5.41, 5.74) is 15.6. The number of hydrazine groups is 1. The Labute approximate surface area is 162 Å². The summed E-state index contributed by atoms with van der Waals surface area (Å²) in [6.07, 6.45) is 4.82. The minimum atomic E-state index is -1.75. The number of rotatable bonds is 5. The van der Waals surface area contributed by atoms with Crippen molar-refractivity contribution in [2.24, 2.45) is 11.5 Å². The van der Waals surface area contributed by atoms with Crippen LogP contribution in [0, 0.1) is 0 Å². The van der Waals surface area contributed by atoms with Crippen LogP contribution in [0.15, 0.2) is 48.8 Å². The molecule has 0 spiro atoms. The van der Waals surface area contributed by atoms with Gasteiger partial charge in [0.2, 0.25) is 0 Å². The minimum absolute atomic E-state index is 0.339. The minimum Gasteiger partial charge on any atom is -0.496 e. The van der Waals surface area contributed by atoms with Gasteiger partial charge in [-0.1, -0.05) is 18.2 Å². The van der Waals surface area contributed by atoms with E-state index in [1.54, 1.807) is 32.5 Å². The summed E-state index contributed by atoms with van der Waals surface area (Å²) in [5, 5.41) is 3.64. The summed E-state index contributed by atoms with van der Waals surface area (Å²) in [4.78, 5) is 28.1. The van der Waals surface area contributed by atoms with Crippen molar-refractivity contribution in [3.8, 4) is 16.9 Å². The van der Waals surface area contributed by atoms with E-state index < -0.39 is 17.6 Å². The van der Waals surface area contributed by atoms with Crippen molar-refractivity contribution in [1.82, 2.24) is 20.7 Å². The lowest BCUT2D eigenvalue weighted by Crippen LogP contribution is -2.69. The number of nitrogens with one attached hydrogen (secondary N) is 2. The highest BCUT2D eigenvalue weighted by Crippen LogP contribution is 2.31. The fourth-order valence-electron chi connectivity index (χ4n) is 3.04. The third-order valence-electron chi connectivity index (χ3n) is 4.36. The fraction of sp³-hybridized carbons (Fsp3) is 0.211. The summed E-state index contributed by atoms with van der Waals surface area (Å²) in [6.45, 7) is 2.13. The van der Waals surface area contributed by atoms with Gasteiger partial charge in [0.15, 0.2) is 5.66 Å². The lowest BCUT2D eigenvalue weighted by atomic mass is 9.99. The molecule has 1 aromatic heterocycles. The normalized spacial score (nSPS) is 18.9. The summed E-state index contributed by atoms with van der Waals surface area (Å²) in [7, 11) is 1.59. The van der Waals surface area contributed by atoms with Crippen LogP contribution in [0.5, 0.6) is 5.75 Å². The molecule has 0 bridgehead atoms. The summed E-state index contributed by atoms with van der Waals surface area (Å²) < 4.78 is 5.41. The lowest BCUT2D eigenvalue weighted by Gasteiger charge is -2.38. The third kappa shape index (κ3) is 3.60. The zero-order chi connectivity index (χ0) is 20.3. The molecule has 1 atom stereocenters. The van der Waals surface area contributed by atoms with Crippen LogP contribution in [-0.2, 0) is 4.79 Å². The predicted molar refractivity (Wildman–Crippen MR) is 104 cm³/mol. The largest absolute Gasteiger partial charge is 0.496 e. The zero-order valence-electron chi connectivity index (χ0n) is 15.6. The first-order valence-electron chi connectivity index (χ1n) is 8.64. The van der Waals surface area contributed by atoms with E-state index in [4.69, 9.17) is 16.2 Å². The number of methoxy groups -OCH3 is 1. The SMILES string of the molecule is CCN1NC(c2cccc(-c3cnccc3OC)c2)=CC(N)(NC(N)=O)C1=O. The second kappa shape index (κ2) is 7.57. The van der Waals surface area contributed by atoms with Crippen molar-refractivity contribution in [3.63, 3.8) is 0 Å². The number of nitrogens with zero attached hydrogens (tertiary/aromatic N) is 2. The Morgan fingerprint density at radius 3 is 2.79 bits per heavy atom.